The van der Waals surface area contributed by atoms with Gasteiger partial charge in [0.05, 0.1) is 17.1 Å². The van der Waals surface area contributed by atoms with Gasteiger partial charge in [-0.3, -0.25) is 4.79 Å². The molecule has 0 aliphatic rings. The van der Waals surface area contributed by atoms with E-state index in [0.717, 1.165) is 16.9 Å². The molecule has 1 aromatic heterocycles. The van der Waals surface area contributed by atoms with E-state index in [1.807, 2.05) is 19.1 Å². The van der Waals surface area contributed by atoms with Gasteiger partial charge in [0.2, 0.25) is 0 Å². The number of aryl methyl sites for hydroxylation is 1. The number of H-pyrrole nitrogens is 1. The van der Waals surface area contributed by atoms with Gasteiger partial charge in [-0.25, -0.2) is 4.98 Å². The van der Waals surface area contributed by atoms with Crippen LogP contribution in [0.3, 0.4) is 0 Å². The first kappa shape index (κ1) is 10.4. The van der Waals surface area contributed by atoms with Crippen LogP contribution in [0, 0.1) is 18.3 Å². The second-order valence-electron chi connectivity index (χ2n) is 3.64. The number of imidazole rings is 1. The summed E-state index contributed by atoms with van der Waals surface area (Å²) in [6, 6.07) is 7.33. The van der Waals surface area contributed by atoms with Gasteiger partial charge in [-0.05, 0) is 25.1 Å². The van der Waals surface area contributed by atoms with Crippen LogP contribution in [0.1, 0.15) is 29.0 Å². The molecule has 0 aliphatic carbocycles. The lowest BCUT2D eigenvalue weighted by atomic mass is 10.1. The molecule has 0 amide bonds. The van der Waals surface area contributed by atoms with Gasteiger partial charge in [-0.1, -0.05) is 0 Å². The molecule has 0 saturated carbocycles. The molecule has 16 heavy (non-hydrogen) atoms. The minimum absolute atomic E-state index is 0.00398. The summed E-state index contributed by atoms with van der Waals surface area (Å²) >= 11 is 0. The highest BCUT2D eigenvalue weighted by Gasteiger charge is 2.07. The summed E-state index contributed by atoms with van der Waals surface area (Å²) < 4.78 is 0. The van der Waals surface area contributed by atoms with Gasteiger partial charge in [0, 0.05) is 18.4 Å². The van der Waals surface area contributed by atoms with E-state index < -0.39 is 0 Å². The number of nitriles is 1. The Morgan fingerprint density at radius 2 is 2.38 bits per heavy atom. The Labute approximate surface area is 92.9 Å². The van der Waals surface area contributed by atoms with E-state index in [0.29, 0.717) is 5.56 Å². The van der Waals surface area contributed by atoms with Crippen molar-refractivity contribution < 1.29 is 4.79 Å². The fourth-order valence-electron chi connectivity index (χ4n) is 1.62. The lowest BCUT2D eigenvalue weighted by Gasteiger charge is -1.97. The van der Waals surface area contributed by atoms with E-state index in [4.69, 9.17) is 5.26 Å². The zero-order valence-electron chi connectivity index (χ0n) is 8.95. The van der Waals surface area contributed by atoms with Gasteiger partial charge >= 0.3 is 0 Å². The molecule has 2 aromatic rings. The summed E-state index contributed by atoms with van der Waals surface area (Å²) in [6.45, 7) is 1.87. The van der Waals surface area contributed by atoms with Gasteiger partial charge in [-0.2, -0.15) is 5.26 Å². The predicted molar refractivity (Wildman–Crippen MR) is 60.0 cm³/mol. The van der Waals surface area contributed by atoms with Crippen molar-refractivity contribution in [2.45, 2.75) is 19.8 Å². The van der Waals surface area contributed by atoms with Gasteiger partial charge in [-0.15, -0.1) is 0 Å². The van der Waals surface area contributed by atoms with E-state index in [1.165, 1.54) is 0 Å². The van der Waals surface area contributed by atoms with E-state index >= 15 is 0 Å². The molecule has 0 fully saturated rings. The van der Waals surface area contributed by atoms with Crippen molar-refractivity contribution in [2.24, 2.45) is 0 Å². The maximum absolute atomic E-state index is 11.7. The molecule has 0 radical (unpaired) electrons. The van der Waals surface area contributed by atoms with Crippen LogP contribution >= 0.6 is 0 Å². The molecular formula is C12H11N3O. The number of ketones is 1. The molecular weight excluding hydrogens is 202 g/mol. The molecule has 0 unspecified atom stereocenters. The molecule has 1 heterocycles. The molecule has 1 aromatic carbocycles. The standard InChI is InChI=1S/C12H11N3O/c1-8-14-10-5-4-9(7-11(10)15-8)12(16)3-2-6-13/h4-5,7H,2-3H2,1H3,(H,14,15). The Bertz CT molecular complexity index is 577. The average Bonchev–Trinajstić information content (AvgIpc) is 2.64. The number of carbonyl (C=O) groups excluding carboxylic acids is 1. The van der Waals surface area contributed by atoms with Crippen molar-refractivity contribution in [2.75, 3.05) is 0 Å². The Balaban J connectivity index is 2.32. The number of carbonyl (C=O) groups is 1. The van der Waals surface area contributed by atoms with Crippen LogP contribution in [0.25, 0.3) is 11.0 Å². The maximum atomic E-state index is 11.7. The van der Waals surface area contributed by atoms with Crippen LogP contribution in [-0.4, -0.2) is 15.8 Å². The summed E-state index contributed by atoms with van der Waals surface area (Å²) in [6.07, 6.45) is 0.536. The molecule has 80 valence electrons. The Kier molecular flexibility index (Phi) is 2.69. The summed E-state index contributed by atoms with van der Waals surface area (Å²) in [4.78, 5) is 19.0. The van der Waals surface area contributed by atoms with Crippen LogP contribution in [0.15, 0.2) is 18.2 Å². The lowest BCUT2D eigenvalue weighted by molar-refractivity contribution is 0.0984. The van der Waals surface area contributed by atoms with Crippen LogP contribution in [0.2, 0.25) is 0 Å². The van der Waals surface area contributed by atoms with Crippen molar-refractivity contribution in [1.29, 1.82) is 5.26 Å². The molecule has 0 spiro atoms. The highest BCUT2D eigenvalue weighted by atomic mass is 16.1. The number of aromatic amines is 1. The Morgan fingerprint density at radius 3 is 3.12 bits per heavy atom. The number of nitrogens with zero attached hydrogens (tertiary/aromatic N) is 2. The second kappa shape index (κ2) is 4.15. The predicted octanol–water partition coefficient (Wildman–Crippen LogP) is 2.36. The molecule has 4 nitrogen and oxygen atoms in total. The minimum atomic E-state index is -0.00398. The van der Waals surface area contributed by atoms with Crippen molar-refractivity contribution in [3.63, 3.8) is 0 Å². The number of benzene rings is 1. The number of rotatable bonds is 3. The van der Waals surface area contributed by atoms with Gasteiger partial charge in [0.15, 0.2) is 5.78 Å². The zero-order chi connectivity index (χ0) is 11.5. The highest BCUT2D eigenvalue weighted by Crippen LogP contribution is 2.15. The van der Waals surface area contributed by atoms with Gasteiger partial charge < -0.3 is 4.98 Å². The fourth-order valence-corrected chi connectivity index (χ4v) is 1.62. The molecule has 0 atom stereocenters. The first-order chi connectivity index (χ1) is 7.70. The lowest BCUT2D eigenvalue weighted by Crippen LogP contribution is -1.97. The number of hydrogen-bond donors (Lipinski definition) is 1. The number of nitrogens with one attached hydrogen (secondary N) is 1. The smallest absolute Gasteiger partial charge is 0.163 e. The van der Waals surface area contributed by atoms with E-state index in [1.54, 1.807) is 12.1 Å². The topological polar surface area (TPSA) is 69.5 Å². The third-order valence-corrected chi connectivity index (χ3v) is 2.39. The Hall–Kier alpha value is -2.15. The first-order valence-corrected chi connectivity index (χ1v) is 5.07. The van der Waals surface area contributed by atoms with Gasteiger partial charge in [0.25, 0.3) is 0 Å². The molecule has 0 saturated heterocycles. The van der Waals surface area contributed by atoms with Crippen LogP contribution in [0.4, 0.5) is 0 Å². The first-order valence-electron chi connectivity index (χ1n) is 5.07. The minimum Gasteiger partial charge on any atom is -0.342 e. The van der Waals surface area contributed by atoms with E-state index in [9.17, 15) is 4.79 Å². The van der Waals surface area contributed by atoms with E-state index in [-0.39, 0.29) is 18.6 Å². The second-order valence-corrected chi connectivity index (χ2v) is 3.64. The Morgan fingerprint density at radius 1 is 1.56 bits per heavy atom. The summed E-state index contributed by atoms with van der Waals surface area (Å²) in [5.41, 5.74) is 2.35. The molecule has 0 bridgehead atoms. The summed E-state index contributed by atoms with van der Waals surface area (Å²) in [7, 11) is 0. The maximum Gasteiger partial charge on any atom is 0.163 e. The van der Waals surface area contributed by atoms with Crippen LogP contribution in [0.5, 0.6) is 0 Å². The SMILES string of the molecule is Cc1nc2ccc(C(=O)CCC#N)cc2[nH]1. The fraction of sp³-hybridized carbons (Fsp3) is 0.250. The quantitative estimate of drug-likeness (QED) is 0.795. The van der Waals surface area contributed by atoms with Crippen LogP contribution in [-0.2, 0) is 0 Å². The monoisotopic (exact) mass is 213 g/mol. The van der Waals surface area contributed by atoms with Crippen molar-refractivity contribution in [3.8, 4) is 6.07 Å². The highest BCUT2D eigenvalue weighted by molar-refractivity contribution is 5.98. The third-order valence-electron chi connectivity index (χ3n) is 2.39. The molecule has 0 aliphatic heterocycles. The van der Waals surface area contributed by atoms with E-state index in [2.05, 4.69) is 9.97 Å². The molecule has 4 heteroatoms. The van der Waals surface area contributed by atoms with Gasteiger partial charge in [0.1, 0.15) is 5.82 Å². The zero-order valence-corrected chi connectivity index (χ0v) is 8.95. The normalized spacial score (nSPS) is 10.2. The average molecular weight is 213 g/mol. The summed E-state index contributed by atoms with van der Waals surface area (Å²) in [5.74, 6) is 0.826. The molecule has 1 N–H and O–H groups in total. The molecule has 2 rings (SSSR count). The number of Topliss-reactive ketones (excluding diaryl/α,β-unsaturated/α-hetero) is 1. The number of aromatic nitrogens is 2. The van der Waals surface area contributed by atoms with Crippen molar-refractivity contribution in [1.82, 2.24) is 9.97 Å². The largest absolute Gasteiger partial charge is 0.342 e. The third kappa shape index (κ3) is 1.94. The van der Waals surface area contributed by atoms with Crippen LogP contribution < -0.4 is 0 Å². The number of hydrogen-bond acceptors (Lipinski definition) is 3. The summed E-state index contributed by atoms with van der Waals surface area (Å²) in [5, 5.41) is 8.42. The van der Waals surface area contributed by atoms with Crippen molar-refractivity contribution >= 4 is 16.8 Å². The van der Waals surface area contributed by atoms with Crippen molar-refractivity contribution in [3.05, 3.63) is 29.6 Å². The number of fused-ring (bicyclic) bond motifs is 1.